The highest BCUT2D eigenvalue weighted by Crippen LogP contribution is 2.22. The molecule has 106 valence electrons. The summed E-state index contributed by atoms with van der Waals surface area (Å²) in [6.45, 7) is 2.86. The van der Waals surface area contributed by atoms with Crippen LogP contribution in [0.2, 0.25) is 0 Å². The van der Waals surface area contributed by atoms with Crippen LogP contribution in [0.25, 0.3) is 0 Å². The molecule has 2 heterocycles. The predicted octanol–water partition coefficient (Wildman–Crippen LogP) is 0.649. The lowest BCUT2D eigenvalue weighted by molar-refractivity contribution is -0.126. The summed E-state index contributed by atoms with van der Waals surface area (Å²) in [6, 6.07) is 7.85. The first kappa shape index (κ1) is 13.1. The van der Waals surface area contributed by atoms with E-state index in [-0.39, 0.29) is 17.7 Å². The molecule has 2 N–H and O–H groups in total. The van der Waals surface area contributed by atoms with E-state index in [0.717, 1.165) is 37.3 Å². The molecule has 1 aromatic rings. The Kier molecular flexibility index (Phi) is 3.69. The lowest BCUT2D eigenvalue weighted by atomic mass is 10.0. The van der Waals surface area contributed by atoms with Crippen LogP contribution in [0.15, 0.2) is 24.3 Å². The minimum Gasteiger partial charge on any atom is -0.352 e. The van der Waals surface area contributed by atoms with Gasteiger partial charge in [-0.25, -0.2) is 0 Å². The molecule has 0 atom stereocenters. The molecular formula is C15H19N3O2. The number of anilines is 1. The van der Waals surface area contributed by atoms with Gasteiger partial charge in [-0.2, -0.15) is 0 Å². The van der Waals surface area contributed by atoms with Gasteiger partial charge < -0.3 is 15.5 Å². The summed E-state index contributed by atoms with van der Waals surface area (Å²) in [4.78, 5) is 25.3. The molecule has 20 heavy (non-hydrogen) atoms. The zero-order chi connectivity index (χ0) is 13.9. The first-order chi connectivity index (χ1) is 9.74. The Labute approximate surface area is 118 Å². The van der Waals surface area contributed by atoms with Crippen LogP contribution in [-0.2, 0) is 16.1 Å². The molecule has 1 aromatic carbocycles. The van der Waals surface area contributed by atoms with E-state index in [1.54, 1.807) is 0 Å². The minimum absolute atomic E-state index is 0.103. The number of hydrogen-bond donors (Lipinski definition) is 2. The number of nitrogens with zero attached hydrogens (tertiary/aromatic N) is 1. The van der Waals surface area contributed by atoms with Crippen LogP contribution in [0.1, 0.15) is 18.4 Å². The van der Waals surface area contributed by atoms with Crippen LogP contribution in [-0.4, -0.2) is 31.4 Å². The molecule has 0 unspecified atom stereocenters. The normalized spacial score (nSPS) is 19.0. The number of carbonyl (C=O) groups is 2. The molecule has 5 heteroatoms. The number of nitrogens with one attached hydrogen (secondary N) is 2. The maximum atomic E-state index is 11.8. The zero-order valence-corrected chi connectivity index (χ0v) is 11.4. The maximum Gasteiger partial charge on any atom is 0.227 e. The molecule has 0 saturated carbocycles. The fourth-order valence-corrected chi connectivity index (χ4v) is 2.56. The van der Waals surface area contributed by atoms with Crippen molar-refractivity contribution < 1.29 is 9.59 Å². The molecule has 2 saturated heterocycles. The molecule has 0 aromatic heterocycles. The third-order valence-electron chi connectivity index (χ3n) is 3.91. The Morgan fingerprint density at radius 3 is 2.90 bits per heavy atom. The van der Waals surface area contributed by atoms with E-state index in [9.17, 15) is 9.59 Å². The van der Waals surface area contributed by atoms with Crippen molar-refractivity contribution in [2.45, 2.75) is 19.4 Å². The quantitative estimate of drug-likeness (QED) is 0.846. The molecule has 0 aliphatic carbocycles. The molecule has 2 aliphatic rings. The molecule has 5 nitrogen and oxygen atoms in total. The summed E-state index contributed by atoms with van der Waals surface area (Å²) in [5.41, 5.74) is 1.97. The molecule has 0 bridgehead atoms. The largest absolute Gasteiger partial charge is 0.352 e. The van der Waals surface area contributed by atoms with Crippen LogP contribution < -0.4 is 15.5 Å². The van der Waals surface area contributed by atoms with E-state index in [1.165, 1.54) is 0 Å². The molecular weight excluding hydrogens is 254 g/mol. The smallest absolute Gasteiger partial charge is 0.227 e. The van der Waals surface area contributed by atoms with Crippen molar-refractivity contribution in [2.24, 2.45) is 5.92 Å². The zero-order valence-electron chi connectivity index (χ0n) is 11.4. The second kappa shape index (κ2) is 5.63. The Balaban J connectivity index is 1.62. The Morgan fingerprint density at radius 2 is 2.25 bits per heavy atom. The topological polar surface area (TPSA) is 61.4 Å². The molecule has 2 fully saturated rings. The van der Waals surface area contributed by atoms with Gasteiger partial charge >= 0.3 is 0 Å². The molecule has 0 spiro atoms. The van der Waals surface area contributed by atoms with Crippen molar-refractivity contribution in [1.29, 1.82) is 0 Å². The molecule has 0 radical (unpaired) electrons. The highest BCUT2D eigenvalue weighted by Gasteiger charge is 2.24. The van der Waals surface area contributed by atoms with Crippen molar-refractivity contribution in [1.82, 2.24) is 10.6 Å². The van der Waals surface area contributed by atoms with Crippen LogP contribution in [0, 0.1) is 5.92 Å². The monoisotopic (exact) mass is 273 g/mol. The van der Waals surface area contributed by atoms with Gasteiger partial charge in [0.1, 0.15) is 0 Å². The van der Waals surface area contributed by atoms with Crippen LogP contribution >= 0.6 is 0 Å². The van der Waals surface area contributed by atoms with Crippen molar-refractivity contribution in [2.75, 3.05) is 24.5 Å². The van der Waals surface area contributed by atoms with E-state index < -0.39 is 0 Å². The SMILES string of the molecule is O=C(NCc1cccc(N2CCCC2=O)c1)C1CNC1. The van der Waals surface area contributed by atoms with Gasteiger partial charge in [-0.1, -0.05) is 12.1 Å². The van der Waals surface area contributed by atoms with E-state index in [4.69, 9.17) is 0 Å². The van der Waals surface area contributed by atoms with Gasteiger partial charge in [-0.3, -0.25) is 9.59 Å². The van der Waals surface area contributed by atoms with Crippen molar-refractivity contribution in [3.05, 3.63) is 29.8 Å². The third-order valence-corrected chi connectivity index (χ3v) is 3.91. The molecule has 2 aliphatic heterocycles. The number of amides is 2. The van der Waals surface area contributed by atoms with E-state index in [2.05, 4.69) is 10.6 Å². The summed E-state index contributed by atoms with van der Waals surface area (Å²) in [6.07, 6.45) is 1.56. The molecule has 2 amide bonds. The summed E-state index contributed by atoms with van der Waals surface area (Å²) in [7, 11) is 0. The van der Waals surface area contributed by atoms with E-state index >= 15 is 0 Å². The highest BCUT2D eigenvalue weighted by molar-refractivity contribution is 5.95. The third kappa shape index (κ3) is 2.67. The summed E-state index contributed by atoms with van der Waals surface area (Å²) < 4.78 is 0. The number of rotatable bonds is 4. The van der Waals surface area contributed by atoms with Gasteiger partial charge in [0, 0.05) is 38.3 Å². The van der Waals surface area contributed by atoms with Gasteiger partial charge in [0.15, 0.2) is 0 Å². The first-order valence-corrected chi connectivity index (χ1v) is 7.12. The fraction of sp³-hybridized carbons (Fsp3) is 0.467. The molecule has 3 rings (SSSR count). The van der Waals surface area contributed by atoms with Crippen LogP contribution in [0.4, 0.5) is 5.69 Å². The first-order valence-electron chi connectivity index (χ1n) is 7.12. The van der Waals surface area contributed by atoms with Crippen LogP contribution in [0.3, 0.4) is 0 Å². The average molecular weight is 273 g/mol. The second-order valence-corrected chi connectivity index (χ2v) is 5.39. The van der Waals surface area contributed by atoms with E-state index in [0.29, 0.717) is 13.0 Å². The lowest BCUT2D eigenvalue weighted by Crippen LogP contribution is -2.50. The lowest BCUT2D eigenvalue weighted by Gasteiger charge is -2.25. The Hall–Kier alpha value is -1.88. The van der Waals surface area contributed by atoms with Gasteiger partial charge in [0.2, 0.25) is 11.8 Å². The fourth-order valence-electron chi connectivity index (χ4n) is 2.56. The average Bonchev–Trinajstić information content (AvgIpc) is 2.81. The summed E-state index contributed by atoms with van der Waals surface area (Å²) >= 11 is 0. The second-order valence-electron chi connectivity index (χ2n) is 5.39. The maximum absolute atomic E-state index is 11.8. The number of carbonyl (C=O) groups excluding carboxylic acids is 2. The van der Waals surface area contributed by atoms with Crippen molar-refractivity contribution >= 4 is 17.5 Å². The van der Waals surface area contributed by atoms with Crippen molar-refractivity contribution in [3.8, 4) is 0 Å². The summed E-state index contributed by atoms with van der Waals surface area (Å²) in [5, 5.41) is 6.03. The van der Waals surface area contributed by atoms with Gasteiger partial charge in [0.05, 0.1) is 5.92 Å². The van der Waals surface area contributed by atoms with Gasteiger partial charge in [-0.15, -0.1) is 0 Å². The van der Waals surface area contributed by atoms with Crippen molar-refractivity contribution in [3.63, 3.8) is 0 Å². The standard InChI is InChI=1S/C15H19N3O2/c19-14-5-2-6-18(14)13-4-1-3-11(7-13)8-17-15(20)12-9-16-10-12/h1,3-4,7,12,16H,2,5-6,8-10H2,(H,17,20). The number of hydrogen-bond acceptors (Lipinski definition) is 3. The number of benzene rings is 1. The van der Waals surface area contributed by atoms with Crippen LogP contribution in [0.5, 0.6) is 0 Å². The van der Waals surface area contributed by atoms with Gasteiger partial charge in [-0.05, 0) is 24.1 Å². The minimum atomic E-state index is 0.103. The van der Waals surface area contributed by atoms with Gasteiger partial charge in [0.25, 0.3) is 0 Å². The Bertz CT molecular complexity index is 526. The highest BCUT2D eigenvalue weighted by atomic mass is 16.2. The van der Waals surface area contributed by atoms with E-state index in [1.807, 2.05) is 29.2 Å². The summed E-state index contributed by atoms with van der Waals surface area (Å²) in [5.74, 6) is 0.400. The Morgan fingerprint density at radius 1 is 1.40 bits per heavy atom. The predicted molar refractivity (Wildman–Crippen MR) is 76.2 cm³/mol.